The summed E-state index contributed by atoms with van der Waals surface area (Å²) in [6.45, 7) is 1.10. The Morgan fingerprint density at radius 1 is 1.00 bits per heavy atom. The van der Waals surface area contributed by atoms with Gasteiger partial charge in [-0.2, -0.15) is 0 Å². The molecule has 2 heterocycles. The van der Waals surface area contributed by atoms with Crippen molar-refractivity contribution in [1.82, 2.24) is 4.90 Å². The molecule has 150 valence electrons. The summed E-state index contributed by atoms with van der Waals surface area (Å²) in [5.74, 6) is 3.25. The first-order valence-corrected chi connectivity index (χ1v) is 12.5. The molecule has 0 saturated carbocycles. The number of thiophene rings is 1. The lowest BCUT2D eigenvalue weighted by Crippen LogP contribution is -2.30. The van der Waals surface area contributed by atoms with E-state index in [0.29, 0.717) is 17.7 Å². The van der Waals surface area contributed by atoms with Crippen molar-refractivity contribution in [2.24, 2.45) is 0 Å². The number of nitrogens with zero attached hydrogens (tertiary/aromatic N) is 1. The molecule has 0 N–H and O–H groups in total. The van der Waals surface area contributed by atoms with Crippen LogP contribution < -0.4 is 4.74 Å². The van der Waals surface area contributed by atoms with Gasteiger partial charge in [0.2, 0.25) is 0 Å². The lowest BCUT2D eigenvalue weighted by Gasteiger charge is -2.23. The lowest BCUT2D eigenvalue weighted by atomic mass is 10.1. The molecule has 0 atom stereocenters. The van der Waals surface area contributed by atoms with Crippen molar-refractivity contribution in [3.8, 4) is 5.75 Å². The van der Waals surface area contributed by atoms with Crippen molar-refractivity contribution < 1.29 is 9.53 Å². The zero-order chi connectivity index (χ0) is 20.1. The minimum Gasteiger partial charge on any atom is -0.496 e. The van der Waals surface area contributed by atoms with Crippen LogP contribution >= 0.6 is 34.9 Å². The molecule has 0 radical (unpaired) electrons. The predicted molar refractivity (Wildman–Crippen MR) is 125 cm³/mol. The van der Waals surface area contributed by atoms with Crippen LogP contribution in [0.15, 0.2) is 66.0 Å². The standard InChI is InChI=1S/C23H23NO2S3/c1-26-21-7-3-2-5-19(21)15-24(16-20-6-4-12-27-20)22(25)17-8-10-18(11-9-17)23-28-13-14-29-23/h2-12,23H,13-16H2,1H3. The molecule has 1 aliphatic rings. The molecule has 1 aromatic heterocycles. The van der Waals surface area contributed by atoms with E-state index < -0.39 is 0 Å². The maximum atomic E-state index is 13.4. The van der Waals surface area contributed by atoms with Crippen LogP contribution in [0.1, 0.15) is 30.9 Å². The Kier molecular flexibility index (Phi) is 6.85. The highest BCUT2D eigenvalue weighted by Gasteiger charge is 2.21. The molecule has 0 bridgehead atoms. The van der Waals surface area contributed by atoms with E-state index in [2.05, 4.69) is 18.2 Å². The van der Waals surface area contributed by atoms with E-state index in [9.17, 15) is 4.79 Å². The molecule has 1 saturated heterocycles. The first-order valence-electron chi connectivity index (χ1n) is 9.51. The molecule has 6 heteroatoms. The van der Waals surface area contributed by atoms with Crippen molar-refractivity contribution in [2.75, 3.05) is 18.6 Å². The summed E-state index contributed by atoms with van der Waals surface area (Å²) in [5, 5.41) is 2.05. The fraction of sp³-hybridized carbons (Fsp3) is 0.261. The molecule has 0 aliphatic carbocycles. The van der Waals surface area contributed by atoms with Crippen molar-refractivity contribution >= 4 is 40.8 Å². The summed E-state index contributed by atoms with van der Waals surface area (Å²) in [7, 11) is 1.67. The van der Waals surface area contributed by atoms with E-state index >= 15 is 0 Å². The number of para-hydroxylation sites is 1. The van der Waals surface area contributed by atoms with Crippen LogP contribution in [0.5, 0.6) is 5.75 Å². The van der Waals surface area contributed by atoms with Gasteiger partial charge in [-0.25, -0.2) is 0 Å². The van der Waals surface area contributed by atoms with Gasteiger partial charge >= 0.3 is 0 Å². The smallest absolute Gasteiger partial charge is 0.254 e. The van der Waals surface area contributed by atoms with Gasteiger partial charge in [0.25, 0.3) is 5.91 Å². The van der Waals surface area contributed by atoms with Crippen molar-refractivity contribution in [1.29, 1.82) is 0 Å². The average molecular weight is 442 g/mol. The van der Waals surface area contributed by atoms with Gasteiger partial charge in [-0.15, -0.1) is 34.9 Å². The van der Waals surface area contributed by atoms with Crippen LogP contribution in [0.4, 0.5) is 0 Å². The van der Waals surface area contributed by atoms with Crippen LogP contribution in [-0.4, -0.2) is 29.4 Å². The summed E-state index contributed by atoms with van der Waals surface area (Å²) in [6.07, 6.45) is 0. The quantitative estimate of drug-likeness (QED) is 0.444. The van der Waals surface area contributed by atoms with Gasteiger partial charge in [0.05, 0.1) is 24.8 Å². The Labute approximate surface area is 184 Å². The van der Waals surface area contributed by atoms with Gasteiger partial charge in [-0.05, 0) is 35.2 Å². The molecule has 1 aliphatic heterocycles. The number of methoxy groups -OCH3 is 1. The van der Waals surface area contributed by atoms with E-state index in [4.69, 9.17) is 4.74 Å². The summed E-state index contributed by atoms with van der Waals surface area (Å²) in [5.41, 5.74) is 3.03. The maximum absolute atomic E-state index is 13.4. The molecule has 0 spiro atoms. The second-order valence-corrected chi connectivity index (χ2v) is 10.5. The third-order valence-corrected chi connectivity index (χ3v) is 8.78. The number of benzene rings is 2. The van der Waals surface area contributed by atoms with Crippen LogP contribution in [0.25, 0.3) is 0 Å². The Bertz CT molecular complexity index is 935. The number of hydrogen-bond acceptors (Lipinski definition) is 5. The van der Waals surface area contributed by atoms with E-state index in [1.165, 1.54) is 21.9 Å². The lowest BCUT2D eigenvalue weighted by molar-refractivity contribution is 0.0730. The minimum atomic E-state index is 0.0441. The average Bonchev–Trinajstić information content (AvgIpc) is 3.48. The Morgan fingerprint density at radius 2 is 1.76 bits per heavy atom. The van der Waals surface area contributed by atoms with Gasteiger partial charge in [-0.3, -0.25) is 4.79 Å². The molecule has 3 nitrogen and oxygen atoms in total. The molecule has 4 rings (SSSR count). The molecule has 29 heavy (non-hydrogen) atoms. The fourth-order valence-electron chi connectivity index (χ4n) is 3.35. The van der Waals surface area contributed by atoms with Gasteiger partial charge in [0.15, 0.2) is 0 Å². The van der Waals surface area contributed by atoms with Crippen molar-refractivity contribution in [3.05, 3.63) is 87.6 Å². The number of hydrogen-bond donors (Lipinski definition) is 0. The second-order valence-electron chi connectivity index (χ2n) is 6.75. The molecule has 1 amide bonds. The Morgan fingerprint density at radius 3 is 2.45 bits per heavy atom. The fourth-order valence-corrected chi connectivity index (χ4v) is 6.92. The van der Waals surface area contributed by atoms with Crippen LogP contribution in [0.2, 0.25) is 0 Å². The predicted octanol–water partition coefficient (Wildman–Crippen LogP) is 6.08. The first-order chi connectivity index (χ1) is 14.2. The van der Waals surface area contributed by atoms with Gasteiger partial charge in [-0.1, -0.05) is 36.4 Å². The third-order valence-electron chi connectivity index (χ3n) is 4.82. The van der Waals surface area contributed by atoms with Crippen molar-refractivity contribution in [2.45, 2.75) is 17.7 Å². The Balaban J connectivity index is 1.57. The monoisotopic (exact) mass is 441 g/mol. The van der Waals surface area contributed by atoms with E-state index in [-0.39, 0.29) is 5.91 Å². The second kappa shape index (κ2) is 9.74. The maximum Gasteiger partial charge on any atom is 0.254 e. The zero-order valence-corrected chi connectivity index (χ0v) is 18.7. The number of rotatable bonds is 7. The molecular weight excluding hydrogens is 418 g/mol. The third kappa shape index (κ3) is 5.00. The molecule has 3 aromatic rings. The summed E-state index contributed by atoms with van der Waals surface area (Å²) in [6, 6.07) is 20.2. The molecule has 0 unspecified atom stereocenters. The van der Waals surface area contributed by atoms with Gasteiger partial charge in [0, 0.05) is 27.5 Å². The highest BCUT2D eigenvalue weighted by molar-refractivity contribution is 8.19. The highest BCUT2D eigenvalue weighted by Crippen LogP contribution is 2.45. The highest BCUT2D eigenvalue weighted by atomic mass is 32.2. The van der Waals surface area contributed by atoms with E-state index in [1.54, 1.807) is 18.4 Å². The normalized spacial score (nSPS) is 14.1. The topological polar surface area (TPSA) is 29.5 Å². The van der Waals surface area contributed by atoms with Crippen molar-refractivity contribution in [3.63, 3.8) is 0 Å². The molecule has 1 fully saturated rings. The zero-order valence-electron chi connectivity index (χ0n) is 16.2. The first kappa shape index (κ1) is 20.4. The molecular formula is C23H23NO2S3. The van der Waals surface area contributed by atoms with Gasteiger partial charge < -0.3 is 9.64 Å². The van der Waals surface area contributed by atoms with Gasteiger partial charge in [0.1, 0.15) is 5.75 Å². The van der Waals surface area contributed by atoms with E-state index in [0.717, 1.165) is 16.9 Å². The molecule has 2 aromatic carbocycles. The van der Waals surface area contributed by atoms with Crippen LogP contribution in [0.3, 0.4) is 0 Å². The van der Waals surface area contributed by atoms with E-state index in [1.807, 2.05) is 76.3 Å². The minimum absolute atomic E-state index is 0.0441. The number of amides is 1. The summed E-state index contributed by atoms with van der Waals surface area (Å²) >= 11 is 5.63. The number of ether oxygens (including phenoxy) is 1. The Hall–Kier alpha value is -1.89. The largest absolute Gasteiger partial charge is 0.496 e. The SMILES string of the molecule is COc1ccccc1CN(Cc1cccs1)C(=O)c1ccc(C2SCCS2)cc1. The summed E-state index contributed by atoms with van der Waals surface area (Å²) in [4.78, 5) is 16.5. The number of carbonyl (C=O) groups is 1. The van der Waals surface area contributed by atoms with Crippen LogP contribution in [-0.2, 0) is 13.1 Å². The number of carbonyl (C=O) groups excluding carboxylic acids is 1. The summed E-state index contributed by atoms with van der Waals surface area (Å²) < 4.78 is 5.99. The number of thioether (sulfide) groups is 2. The van der Waals surface area contributed by atoms with Crippen LogP contribution in [0, 0.1) is 0 Å².